The third-order valence-electron chi connectivity index (χ3n) is 4.12. The van der Waals surface area contributed by atoms with E-state index in [1.54, 1.807) is 5.12 Å². The van der Waals surface area contributed by atoms with Crippen molar-refractivity contribution in [2.75, 3.05) is 13.1 Å². The summed E-state index contributed by atoms with van der Waals surface area (Å²) >= 11 is 0. The van der Waals surface area contributed by atoms with E-state index < -0.39 is 0 Å². The lowest BCUT2D eigenvalue weighted by molar-refractivity contribution is 0.0745. The summed E-state index contributed by atoms with van der Waals surface area (Å²) in [6, 6.07) is 10.6. The molecule has 1 saturated heterocycles. The van der Waals surface area contributed by atoms with Crippen LogP contribution in [-0.2, 0) is 11.3 Å². The van der Waals surface area contributed by atoms with Gasteiger partial charge >= 0.3 is 0 Å². The Labute approximate surface area is 135 Å². The topological polar surface area (TPSA) is 64.5 Å². The molecular weight excluding hydrogens is 292 g/mol. The number of hydrazine groups is 2. The first kappa shape index (κ1) is 14.2. The highest BCUT2D eigenvalue weighted by molar-refractivity contribution is 6.03. The third kappa shape index (κ3) is 3.35. The number of piperidine rings is 1. The molecule has 3 aliphatic rings. The largest absolute Gasteiger partial charge is 0.472 e. The highest BCUT2D eigenvalue weighted by Crippen LogP contribution is 2.17. The first-order valence-electron chi connectivity index (χ1n) is 7.95. The molecule has 3 heterocycles. The molecule has 0 aliphatic carbocycles. The zero-order valence-electron chi connectivity index (χ0n) is 12.9. The summed E-state index contributed by atoms with van der Waals surface area (Å²) in [5, 5.41) is 9.96. The van der Waals surface area contributed by atoms with E-state index >= 15 is 0 Å². The molecule has 23 heavy (non-hydrogen) atoms. The van der Waals surface area contributed by atoms with Gasteiger partial charge in [-0.15, -0.1) is 15.7 Å². The van der Waals surface area contributed by atoms with E-state index in [0.29, 0.717) is 5.90 Å². The van der Waals surface area contributed by atoms with Crippen molar-refractivity contribution in [1.82, 2.24) is 21.1 Å². The van der Waals surface area contributed by atoms with E-state index in [1.807, 2.05) is 12.2 Å². The molecule has 1 unspecified atom stereocenters. The van der Waals surface area contributed by atoms with Gasteiger partial charge in [0.15, 0.2) is 5.84 Å². The van der Waals surface area contributed by atoms with Crippen molar-refractivity contribution in [2.45, 2.75) is 25.5 Å². The molecular formula is C16H20N6O. The van der Waals surface area contributed by atoms with E-state index in [9.17, 15) is 0 Å². The Kier molecular flexibility index (Phi) is 3.95. The van der Waals surface area contributed by atoms with Crippen LogP contribution < -0.4 is 11.1 Å². The van der Waals surface area contributed by atoms with Crippen LogP contribution in [0.1, 0.15) is 18.4 Å². The summed E-state index contributed by atoms with van der Waals surface area (Å²) < 4.78 is 6.07. The molecule has 120 valence electrons. The molecule has 0 saturated carbocycles. The third-order valence-corrected chi connectivity index (χ3v) is 4.12. The van der Waals surface area contributed by atoms with Gasteiger partial charge in [0.1, 0.15) is 6.10 Å². The maximum atomic E-state index is 6.07. The number of rotatable bonds is 3. The molecule has 0 bridgehead atoms. The van der Waals surface area contributed by atoms with Crippen molar-refractivity contribution in [3.8, 4) is 0 Å². The van der Waals surface area contributed by atoms with Crippen LogP contribution in [0.3, 0.4) is 0 Å². The van der Waals surface area contributed by atoms with Crippen LogP contribution in [0, 0.1) is 0 Å². The van der Waals surface area contributed by atoms with Crippen molar-refractivity contribution >= 4 is 11.7 Å². The number of fused-ring (bicyclic) bond motifs is 1. The van der Waals surface area contributed by atoms with Gasteiger partial charge in [-0.3, -0.25) is 4.90 Å². The minimum absolute atomic E-state index is 0.171. The average molecular weight is 312 g/mol. The molecule has 0 radical (unpaired) electrons. The lowest BCUT2D eigenvalue weighted by Gasteiger charge is -2.33. The molecule has 4 rings (SSSR count). The average Bonchev–Trinajstić information content (AvgIpc) is 3.04. The molecule has 2 N–H and O–H groups in total. The first-order chi connectivity index (χ1) is 11.4. The zero-order chi connectivity index (χ0) is 15.5. The number of benzene rings is 1. The Morgan fingerprint density at radius 3 is 3.04 bits per heavy atom. The molecule has 1 atom stereocenters. The molecule has 7 heteroatoms. The molecule has 1 aromatic carbocycles. The Morgan fingerprint density at radius 2 is 2.13 bits per heavy atom. The van der Waals surface area contributed by atoms with Gasteiger partial charge in [-0.1, -0.05) is 30.3 Å². The Bertz CT molecular complexity index is 641. The van der Waals surface area contributed by atoms with Gasteiger partial charge < -0.3 is 4.74 Å². The van der Waals surface area contributed by atoms with E-state index in [-0.39, 0.29) is 6.10 Å². The summed E-state index contributed by atoms with van der Waals surface area (Å²) in [4.78, 5) is 2.44. The van der Waals surface area contributed by atoms with Crippen molar-refractivity contribution in [1.29, 1.82) is 0 Å². The number of hydrazone groups is 2. The molecule has 0 amide bonds. The van der Waals surface area contributed by atoms with Crippen molar-refractivity contribution in [2.24, 2.45) is 10.2 Å². The Morgan fingerprint density at radius 1 is 1.22 bits per heavy atom. The maximum Gasteiger partial charge on any atom is 0.233 e. The van der Waals surface area contributed by atoms with E-state index in [0.717, 1.165) is 38.3 Å². The number of nitrogens with zero attached hydrogens (tertiary/aromatic N) is 4. The van der Waals surface area contributed by atoms with Crippen molar-refractivity contribution in [3.63, 3.8) is 0 Å². The van der Waals surface area contributed by atoms with Gasteiger partial charge in [-0.05, 0) is 31.0 Å². The van der Waals surface area contributed by atoms with Gasteiger partial charge in [0.05, 0.1) is 0 Å². The zero-order valence-corrected chi connectivity index (χ0v) is 12.9. The summed E-state index contributed by atoms with van der Waals surface area (Å²) in [6.45, 7) is 3.01. The highest BCUT2D eigenvalue weighted by atomic mass is 16.5. The monoisotopic (exact) mass is 312 g/mol. The van der Waals surface area contributed by atoms with E-state index in [2.05, 4.69) is 56.5 Å². The molecule has 0 spiro atoms. The van der Waals surface area contributed by atoms with Crippen LogP contribution in [0.15, 0.2) is 52.7 Å². The van der Waals surface area contributed by atoms with Crippen LogP contribution in [0.4, 0.5) is 0 Å². The van der Waals surface area contributed by atoms with Gasteiger partial charge in [0, 0.05) is 19.2 Å². The second-order valence-electron chi connectivity index (χ2n) is 5.88. The number of hydrogen-bond donors (Lipinski definition) is 2. The second kappa shape index (κ2) is 6.39. The standard InChI is InChI=1S/C16H20N6O/c1-2-5-13(6-3-1)11-21-10-4-7-14(12-21)23-16-9-8-15-17-19-20-22(15)18-16/h1-3,5-6,8-9,14,19-20H,4,7,10-12H2. The molecule has 1 fully saturated rings. The summed E-state index contributed by atoms with van der Waals surface area (Å²) in [5.74, 6) is 1.35. The molecule has 1 aromatic rings. The highest BCUT2D eigenvalue weighted by Gasteiger charge is 2.24. The fourth-order valence-electron chi connectivity index (χ4n) is 3.02. The van der Waals surface area contributed by atoms with Crippen LogP contribution in [-0.4, -0.2) is 40.9 Å². The lowest BCUT2D eigenvalue weighted by Crippen LogP contribution is -2.42. The minimum Gasteiger partial charge on any atom is -0.472 e. The summed E-state index contributed by atoms with van der Waals surface area (Å²) in [5.41, 5.74) is 6.83. The summed E-state index contributed by atoms with van der Waals surface area (Å²) in [7, 11) is 0. The number of nitrogens with one attached hydrogen (secondary N) is 2. The van der Waals surface area contributed by atoms with Gasteiger partial charge in [0.2, 0.25) is 5.90 Å². The molecule has 3 aliphatic heterocycles. The van der Waals surface area contributed by atoms with Crippen molar-refractivity contribution in [3.05, 3.63) is 48.0 Å². The normalized spacial score (nSPS) is 23.8. The second-order valence-corrected chi connectivity index (χ2v) is 5.88. The fraction of sp³-hybridized carbons (Fsp3) is 0.375. The number of ether oxygens (including phenoxy) is 1. The van der Waals surface area contributed by atoms with Crippen LogP contribution in [0.2, 0.25) is 0 Å². The minimum atomic E-state index is 0.171. The molecule has 0 aromatic heterocycles. The fourth-order valence-corrected chi connectivity index (χ4v) is 3.02. The van der Waals surface area contributed by atoms with Crippen LogP contribution >= 0.6 is 0 Å². The summed E-state index contributed by atoms with van der Waals surface area (Å²) in [6.07, 6.45) is 6.11. The Hall–Kier alpha value is -2.38. The van der Waals surface area contributed by atoms with Crippen LogP contribution in [0.25, 0.3) is 0 Å². The predicted molar refractivity (Wildman–Crippen MR) is 87.9 cm³/mol. The van der Waals surface area contributed by atoms with E-state index in [4.69, 9.17) is 4.74 Å². The Balaban J connectivity index is 1.35. The quantitative estimate of drug-likeness (QED) is 0.878. The first-order valence-corrected chi connectivity index (χ1v) is 7.95. The molecule has 7 nitrogen and oxygen atoms in total. The van der Waals surface area contributed by atoms with Gasteiger partial charge in [-0.2, -0.15) is 5.12 Å². The maximum absolute atomic E-state index is 6.07. The number of amidine groups is 1. The predicted octanol–water partition coefficient (Wildman–Crippen LogP) is 1.19. The van der Waals surface area contributed by atoms with E-state index in [1.165, 1.54) is 5.56 Å². The number of hydrogen-bond acceptors (Lipinski definition) is 7. The van der Waals surface area contributed by atoms with Crippen LogP contribution in [0.5, 0.6) is 0 Å². The van der Waals surface area contributed by atoms with Crippen molar-refractivity contribution < 1.29 is 4.74 Å². The van der Waals surface area contributed by atoms with Gasteiger partial charge in [0.25, 0.3) is 0 Å². The van der Waals surface area contributed by atoms with Gasteiger partial charge in [-0.25, -0.2) is 5.53 Å². The SMILES string of the molecule is C1=CC2=NNNN2N=C1OC1CCCN(Cc2ccccc2)C1. The smallest absolute Gasteiger partial charge is 0.233 e. The number of likely N-dealkylation sites (tertiary alicyclic amines) is 1. The lowest BCUT2D eigenvalue weighted by atomic mass is 10.1.